The molecule has 2 N–H and O–H groups in total. The summed E-state index contributed by atoms with van der Waals surface area (Å²) in [7, 11) is 0. The SMILES string of the molecule is CSCC(=O)Nc1ccc(I)cc1CNCC(C)(C)SC.Cc1ccccc1.Cc1ccccc1. The Kier molecular flexibility index (Phi) is 16.1. The summed E-state index contributed by atoms with van der Waals surface area (Å²) < 4.78 is 1.39. The van der Waals surface area contributed by atoms with Gasteiger partial charge in [0.2, 0.25) is 5.91 Å². The third kappa shape index (κ3) is 15.3. The zero-order valence-corrected chi connectivity index (χ0v) is 25.5. The smallest absolute Gasteiger partial charge is 0.234 e. The molecule has 3 nitrogen and oxygen atoms in total. The topological polar surface area (TPSA) is 41.1 Å². The van der Waals surface area contributed by atoms with E-state index in [1.165, 1.54) is 26.5 Å². The van der Waals surface area contributed by atoms with E-state index in [2.05, 4.69) is 97.5 Å². The van der Waals surface area contributed by atoms with E-state index in [9.17, 15) is 4.79 Å². The number of benzene rings is 3. The molecule has 0 bridgehead atoms. The molecular formula is C29H39IN2OS2. The molecule has 3 aromatic rings. The molecule has 1 amide bonds. The second-order valence-electron chi connectivity index (χ2n) is 8.66. The maximum absolute atomic E-state index is 11.8. The van der Waals surface area contributed by atoms with Gasteiger partial charge in [-0.1, -0.05) is 71.8 Å². The number of carbonyl (C=O) groups excluding carboxylic acids is 1. The van der Waals surface area contributed by atoms with E-state index in [0.29, 0.717) is 5.75 Å². The molecule has 6 heteroatoms. The number of amides is 1. The molecule has 3 aromatic carbocycles. The van der Waals surface area contributed by atoms with E-state index in [1.807, 2.05) is 66.5 Å². The Morgan fingerprint density at radius 3 is 1.86 bits per heavy atom. The second-order valence-corrected chi connectivity index (χ2v) is 12.3. The van der Waals surface area contributed by atoms with Crippen LogP contribution in [0.2, 0.25) is 0 Å². The van der Waals surface area contributed by atoms with Crippen molar-refractivity contribution in [1.29, 1.82) is 0 Å². The number of halogens is 1. The summed E-state index contributed by atoms with van der Waals surface area (Å²) in [4.78, 5) is 11.8. The quantitative estimate of drug-likeness (QED) is 0.252. The predicted octanol–water partition coefficient (Wildman–Crippen LogP) is 7.81. The van der Waals surface area contributed by atoms with E-state index in [1.54, 1.807) is 0 Å². The van der Waals surface area contributed by atoms with Gasteiger partial charge in [-0.2, -0.15) is 23.5 Å². The minimum absolute atomic E-state index is 0.0504. The predicted molar refractivity (Wildman–Crippen MR) is 168 cm³/mol. The van der Waals surface area contributed by atoms with Gasteiger partial charge in [0.1, 0.15) is 0 Å². The van der Waals surface area contributed by atoms with Crippen LogP contribution in [0.3, 0.4) is 0 Å². The lowest BCUT2D eigenvalue weighted by molar-refractivity contribution is -0.113. The molecular weight excluding hydrogens is 583 g/mol. The van der Waals surface area contributed by atoms with Gasteiger partial charge in [-0.05, 0) is 86.6 Å². The number of anilines is 1. The number of nitrogens with one attached hydrogen (secondary N) is 2. The van der Waals surface area contributed by atoms with Crippen LogP contribution in [0.15, 0.2) is 78.9 Å². The molecule has 0 fully saturated rings. The van der Waals surface area contributed by atoms with Gasteiger partial charge >= 0.3 is 0 Å². The largest absolute Gasteiger partial charge is 0.325 e. The summed E-state index contributed by atoms with van der Waals surface area (Å²) in [5, 5.41) is 6.48. The third-order valence-corrected chi connectivity index (χ3v) is 7.39. The number of carbonyl (C=O) groups is 1. The first-order chi connectivity index (χ1) is 16.7. The molecule has 0 saturated carbocycles. The number of aryl methyl sites for hydroxylation is 2. The first kappa shape index (κ1) is 31.5. The average molecular weight is 623 g/mol. The number of hydrogen-bond donors (Lipinski definition) is 2. The molecule has 0 atom stereocenters. The van der Waals surface area contributed by atoms with Gasteiger partial charge in [-0.25, -0.2) is 0 Å². The Balaban J connectivity index is 0.000000350. The van der Waals surface area contributed by atoms with E-state index in [0.717, 1.165) is 24.3 Å². The highest BCUT2D eigenvalue weighted by Crippen LogP contribution is 2.22. The average Bonchev–Trinajstić information content (AvgIpc) is 2.83. The normalized spacial score (nSPS) is 10.4. The van der Waals surface area contributed by atoms with Gasteiger partial charge < -0.3 is 10.6 Å². The summed E-state index contributed by atoms with van der Waals surface area (Å²) in [6, 6.07) is 26.6. The fraction of sp³-hybridized carbons (Fsp3) is 0.345. The standard InChI is InChI=1S/C15H23IN2OS2.2C7H8/c1-15(2,21-4)10-17-8-11-7-12(16)5-6-13(11)18-14(19)9-20-3;2*1-7-5-3-2-4-6-7/h5-7,17H,8-10H2,1-4H3,(H,18,19);2*2-6H,1H3. The Labute approximate surface area is 234 Å². The van der Waals surface area contributed by atoms with Crippen LogP contribution >= 0.6 is 46.1 Å². The lowest BCUT2D eigenvalue weighted by atomic mass is 10.1. The summed E-state index contributed by atoms with van der Waals surface area (Å²) in [6.45, 7) is 10.3. The fourth-order valence-electron chi connectivity index (χ4n) is 2.79. The van der Waals surface area contributed by atoms with Gasteiger partial charge in [-0.3, -0.25) is 4.79 Å². The van der Waals surface area contributed by atoms with Crippen molar-refractivity contribution in [2.24, 2.45) is 0 Å². The zero-order chi connectivity index (χ0) is 26.1. The molecule has 35 heavy (non-hydrogen) atoms. The van der Waals surface area contributed by atoms with Crippen molar-refractivity contribution in [2.75, 3.05) is 30.1 Å². The molecule has 0 saturated heterocycles. The summed E-state index contributed by atoms with van der Waals surface area (Å²) in [6.07, 6.45) is 4.06. The maximum Gasteiger partial charge on any atom is 0.234 e. The monoisotopic (exact) mass is 622 g/mol. The first-order valence-corrected chi connectivity index (χ1v) is 15.2. The third-order valence-electron chi connectivity index (χ3n) is 4.92. The van der Waals surface area contributed by atoms with E-state index >= 15 is 0 Å². The summed E-state index contributed by atoms with van der Waals surface area (Å²) >= 11 is 5.68. The van der Waals surface area contributed by atoms with Crippen LogP contribution in [-0.4, -0.2) is 35.5 Å². The van der Waals surface area contributed by atoms with Gasteiger partial charge in [0.25, 0.3) is 0 Å². The van der Waals surface area contributed by atoms with E-state index in [-0.39, 0.29) is 10.7 Å². The number of thioether (sulfide) groups is 2. The number of rotatable bonds is 8. The first-order valence-electron chi connectivity index (χ1n) is 11.5. The zero-order valence-electron chi connectivity index (χ0n) is 21.7. The van der Waals surface area contributed by atoms with Gasteiger partial charge in [0.05, 0.1) is 5.75 Å². The molecule has 0 radical (unpaired) electrons. The van der Waals surface area contributed by atoms with Crippen LogP contribution in [0, 0.1) is 17.4 Å². The van der Waals surface area contributed by atoms with Crippen LogP contribution in [0.25, 0.3) is 0 Å². The van der Waals surface area contributed by atoms with Gasteiger partial charge in [-0.15, -0.1) is 0 Å². The van der Waals surface area contributed by atoms with Crippen molar-refractivity contribution < 1.29 is 4.79 Å². The van der Waals surface area contributed by atoms with Gasteiger partial charge in [0.15, 0.2) is 0 Å². The lowest BCUT2D eigenvalue weighted by Crippen LogP contribution is -2.31. The maximum atomic E-state index is 11.8. The van der Waals surface area contributed by atoms with Crippen LogP contribution in [0.1, 0.15) is 30.5 Å². The molecule has 0 spiro atoms. The molecule has 0 heterocycles. The highest BCUT2D eigenvalue weighted by molar-refractivity contribution is 14.1. The molecule has 0 aliphatic heterocycles. The highest BCUT2D eigenvalue weighted by Gasteiger charge is 2.15. The van der Waals surface area contributed by atoms with Crippen molar-refractivity contribution in [3.05, 3.63) is 99.1 Å². The summed E-state index contributed by atoms with van der Waals surface area (Å²) in [5.41, 5.74) is 4.68. The van der Waals surface area contributed by atoms with Crippen molar-refractivity contribution in [3.8, 4) is 0 Å². The Morgan fingerprint density at radius 2 is 1.43 bits per heavy atom. The lowest BCUT2D eigenvalue weighted by Gasteiger charge is -2.23. The Morgan fingerprint density at radius 1 is 0.886 bits per heavy atom. The van der Waals surface area contributed by atoms with E-state index in [4.69, 9.17) is 0 Å². The summed E-state index contributed by atoms with van der Waals surface area (Å²) in [5.74, 6) is 0.535. The van der Waals surface area contributed by atoms with Crippen molar-refractivity contribution in [2.45, 2.75) is 39.0 Å². The van der Waals surface area contributed by atoms with Crippen LogP contribution in [-0.2, 0) is 11.3 Å². The molecule has 0 unspecified atom stereocenters. The van der Waals surface area contributed by atoms with Crippen LogP contribution in [0.4, 0.5) is 5.69 Å². The fourth-order valence-corrected chi connectivity index (χ4v) is 3.92. The second kappa shape index (κ2) is 17.9. The minimum Gasteiger partial charge on any atom is -0.325 e. The van der Waals surface area contributed by atoms with Crippen LogP contribution in [0.5, 0.6) is 0 Å². The van der Waals surface area contributed by atoms with E-state index < -0.39 is 0 Å². The highest BCUT2D eigenvalue weighted by atomic mass is 127. The molecule has 3 rings (SSSR count). The molecule has 0 aliphatic carbocycles. The van der Waals surface area contributed by atoms with Crippen LogP contribution < -0.4 is 10.6 Å². The van der Waals surface area contributed by atoms with Gasteiger partial charge in [0, 0.05) is 27.1 Å². The van der Waals surface area contributed by atoms with Crippen molar-refractivity contribution in [1.82, 2.24) is 5.32 Å². The van der Waals surface area contributed by atoms with Crippen molar-refractivity contribution in [3.63, 3.8) is 0 Å². The molecule has 190 valence electrons. The number of hydrogen-bond acceptors (Lipinski definition) is 4. The van der Waals surface area contributed by atoms with Crippen molar-refractivity contribution >= 4 is 57.7 Å². The minimum atomic E-state index is 0.0504. The molecule has 0 aromatic heterocycles. The molecule has 0 aliphatic rings. The Bertz CT molecular complexity index is 945. The Hall–Kier alpha value is -1.48.